The van der Waals surface area contributed by atoms with Gasteiger partial charge in [-0.1, -0.05) is 11.8 Å². The van der Waals surface area contributed by atoms with E-state index in [0.717, 1.165) is 11.3 Å². The van der Waals surface area contributed by atoms with Crippen LogP contribution in [0.1, 0.15) is 0 Å². The molecule has 152 valence electrons. The van der Waals surface area contributed by atoms with Crippen molar-refractivity contribution in [3.63, 3.8) is 0 Å². The molecule has 0 bridgehead atoms. The molecule has 29 heavy (non-hydrogen) atoms. The number of nitrogens with zero attached hydrogens (tertiary/aromatic N) is 6. The van der Waals surface area contributed by atoms with Crippen LogP contribution in [-0.2, 0) is 20.9 Å². The molecule has 2 aromatic heterocycles. The van der Waals surface area contributed by atoms with Gasteiger partial charge in [-0.05, 0) is 27.3 Å². The van der Waals surface area contributed by atoms with E-state index in [0.29, 0.717) is 15.7 Å². The minimum atomic E-state index is -1.21. The molecule has 0 spiro atoms. The summed E-state index contributed by atoms with van der Waals surface area (Å²) in [5, 5.41) is 28.3. The van der Waals surface area contributed by atoms with Crippen LogP contribution in [0.15, 0.2) is 26.7 Å². The third-order valence-electron chi connectivity index (χ3n) is 4.05. The number of thioether (sulfide) groups is 2. The van der Waals surface area contributed by atoms with Crippen LogP contribution >= 0.6 is 34.9 Å². The molecule has 0 aromatic carbocycles. The summed E-state index contributed by atoms with van der Waals surface area (Å²) in [6, 6.07) is -0.816. The molecule has 0 aliphatic carbocycles. The number of aromatic nitrogens is 6. The number of hydrogen-bond acceptors (Lipinski definition) is 11. The second kappa shape index (κ2) is 7.96. The van der Waals surface area contributed by atoms with Gasteiger partial charge in [0.2, 0.25) is 5.91 Å². The first-order valence-electron chi connectivity index (χ1n) is 8.02. The molecule has 2 aliphatic heterocycles. The maximum atomic E-state index is 12.6. The van der Waals surface area contributed by atoms with Crippen LogP contribution < -0.4 is 10.2 Å². The summed E-state index contributed by atoms with van der Waals surface area (Å²) < 4.78 is 1.70. The molecule has 4 rings (SSSR count). The number of aromatic amines is 1. The Kier molecular flexibility index (Phi) is 5.37. The van der Waals surface area contributed by atoms with Crippen LogP contribution in [-0.4, -0.2) is 81.1 Å². The number of nitrogens with one attached hydrogen (secondary N) is 2. The van der Waals surface area contributed by atoms with Gasteiger partial charge in [0.05, 0.1) is 0 Å². The molecule has 13 nitrogen and oxygen atoms in total. The lowest BCUT2D eigenvalue weighted by Crippen LogP contribution is -2.70. The van der Waals surface area contributed by atoms with Gasteiger partial charge >= 0.3 is 10.8 Å². The smallest absolute Gasteiger partial charge is 0.352 e. The number of rotatable bonds is 7. The van der Waals surface area contributed by atoms with Gasteiger partial charge in [0, 0.05) is 11.5 Å². The average Bonchev–Trinajstić information content (AvgIpc) is 3.35. The van der Waals surface area contributed by atoms with Gasteiger partial charge in [0.15, 0.2) is 4.34 Å². The van der Waals surface area contributed by atoms with Gasteiger partial charge < -0.3 is 10.4 Å². The summed E-state index contributed by atoms with van der Waals surface area (Å²) >= 11 is 3.52. The van der Waals surface area contributed by atoms with Gasteiger partial charge in [-0.2, -0.15) is 5.10 Å². The van der Waals surface area contributed by atoms with Crippen LogP contribution in [0.5, 0.6) is 0 Å². The first kappa shape index (κ1) is 19.6. The molecule has 1 fully saturated rings. The number of carboxylic acid groups (broad SMARTS) is 1. The molecule has 0 unspecified atom stereocenters. The molecular weight excluding hydrogens is 444 g/mol. The maximum absolute atomic E-state index is 12.6. The van der Waals surface area contributed by atoms with Gasteiger partial charge in [0.1, 0.15) is 30.0 Å². The number of carboxylic acids is 1. The Morgan fingerprint density at radius 3 is 2.90 bits per heavy atom. The fraction of sp³-hybridized carbons (Fsp3) is 0.385. The van der Waals surface area contributed by atoms with Gasteiger partial charge in [0.25, 0.3) is 5.91 Å². The first-order chi connectivity index (χ1) is 13.9. The standard InChI is InChI=1S/C13H12N8O5S3/c22-6(1-20-4-14-18-19-20)15-7-9(23)21-8(11(24)25)5(2-27-10(7)21)3-28-13-17-16-12(26)29-13/h4,7,10H,1-3H2,(H,15,22)(H,16,26)(H,24,25)/t7-,10-/m1/s1. The largest absolute Gasteiger partial charge is 0.477 e. The molecule has 2 atom stereocenters. The summed E-state index contributed by atoms with van der Waals surface area (Å²) in [6.45, 7) is -0.149. The third-order valence-corrected chi connectivity index (χ3v) is 7.37. The predicted octanol–water partition coefficient (Wildman–Crippen LogP) is -1.65. The number of fused-ring (bicyclic) bond motifs is 1. The highest BCUT2D eigenvalue weighted by molar-refractivity contribution is 8.01. The van der Waals surface area contributed by atoms with Crippen LogP contribution in [0.4, 0.5) is 0 Å². The normalized spacial score (nSPS) is 21.0. The van der Waals surface area contributed by atoms with Crippen molar-refractivity contribution in [3.8, 4) is 0 Å². The molecule has 0 saturated carbocycles. The summed E-state index contributed by atoms with van der Waals surface area (Å²) in [4.78, 5) is 48.5. The van der Waals surface area contributed by atoms with Crippen molar-refractivity contribution in [2.24, 2.45) is 0 Å². The van der Waals surface area contributed by atoms with Gasteiger partial charge in [-0.3, -0.25) is 19.3 Å². The lowest BCUT2D eigenvalue weighted by atomic mass is 10.0. The SMILES string of the molecule is O=C(Cn1cnnn1)N[C@@H]1C(=O)N2C(C(=O)O)=C(CSc3n[nH]c(=O)s3)CS[C@H]12. The number of H-pyrrole nitrogens is 1. The molecule has 4 heterocycles. The molecule has 2 aliphatic rings. The first-order valence-corrected chi connectivity index (χ1v) is 10.9. The van der Waals surface area contributed by atoms with E-state index in [1.54, 1.807) is 0 Å². The Bertz CT molecular complexity index is 1050. The lowest BCUT2D eigenvalue weighted by molar-refractivity contribution is -0.150. The Morgan fingerprint density at radius 1 is 1.41 bits per heavy atom. The van der Waals surface area contributed by atoms with Crippen molar-refractivity contribution in [3.05, 3.63) is 27.3 Å². The van der Waals surface area contributed by atoms with Crippen LogP contribution in [0.3, 0.4) is 0 Å². The Morgan fingerprint density at radius 2 is 2.24 bits per heavy atom. The second-order valence-corrected chi connectivity index (χ2v) is 9.18. The highest BCUT2D eigenvalue weighted by Gasteiger charge is 2.54. The number of β-lactam (4-membered cyclic amide) rings is 1. The summed E-state index contributed by atoms with van der Waals surface area (Å²) in [5.41, 5.74) is 0.471. The van der Waals surface area contributed by atoms with Crippen molar-refractivity contribution in [1.29, 1.82) is 0 Å². The zero-order valence-corrected chi connectivity index (χ0v) is 16.8. The van der Waals surface area contributed by atoms with Crippen LogP contribution in [0.25, 0.3) is 0 Å². The third kappa shape index (κ3) is 3.90. The fourth-order valence-electron chi connectivity index (χ4n) is 2.84. The van der Waals surface area contributed by atoms with Crippen molar-refractivity contribution in [2.45, 2.75) is 22.3 Å². The molecule has 2 amide bonds. The van der Waals surface area contributed by atoms with Crippen molar-refractivity contribution < 1.29 is 19.5 Å². The number of hydrogen-bond donors (Lipinski definition) is 3. The molecular formula is C13H12N8O5S3. The minimum absolute atomic E-state index is 0.0832. The van der Waals surface area contributed by atoms with E-state index in [2.05, 4.69) is 31.0 Å². The van der Waals surface area contributed by atoms with Crippen molar-refractivity contribution in [2.75, 3.05) is 11.5 Å². The summed E-state index contributed by atoms with van der Waals surface area (Å²) in [7, 11) is 0. The Hall–Kier alpha value is -2.72. The number of amides is 2. The Balaban J connectivity index is 1.44. The fourth-order valence-corrected chi connectivity index (χ4v) is 5.94. The van der Waals surface area contributed by atoms with E-state index in [-0.39, 0.29) is 22.9 Å². The number of carbonyl (C=O) groups is 3. The summed E-state index contributed by atoms with van der Waals surface area (Å²) in [5.74, 6) is -1.50. The molecule has 1 saturated heterocycles. The lowest BCUT2D eigenvalue weighted by Gasteiger charge is -2.49. The quantitative estimate of drug-likeness (QED) is 0.321. The average molecular weight is 456 g/mol. The second-order valence-electron chi connectivity index (χ2n) is 5.89. The molecule has 2 aromatic rings. The predicted molar refractivity (Wildman–Crippen MR) is 101 cm³/mol. The zero-order chi connectivity index (χ0) is 20.5. The highest BCUT2D eigenvalue weighted by atomic mass is 32.2. The molecule has 0 radical (unpaired) electrons. The number of aliphatic carboxylic acids is 1. The topological polar surface area (TPSA) is 176 Å². The van der Waals surface area contributed by atoms with E-state index in [4.69, 9.17) is 0 Å². The Labute approximate surface area is 173 Å². The van der Waals surface area contributed by atoms with E-state index < -0.39 is 29.2 Å². The van der Waals surface area contributed by atoms with Crippen molar-refractivity contribution in [1.82, 2.24) is 40.6 Å². The number of tetrazole rings is 1. The van der Waals surface area contributed by atoms with Crippen LogP contribution in [0.2, 0.25) is 0 Å². The van der Waals surface area contributed by atoms with E-state index in [1.807, 2.05) is 0 Å². The highest BCUT2D eigenvalue weighted by Crippen LogP contribution is 2.41. The van der Waals surface area contributed by atoms with Gasteiger partial charge in [-0.15, -0.1) is 16.9 Å². The monoisotopic (exact) mass is 456 g/mol. The maximum Gasteiger partial charge on any atom is 0.352 e. The van der Waals surface area contributed by atoms with Crippen LogP contribution in [0, 0.1) is 0 Å². The van der Waals surface area contributed by atoms with Gasteiger partial charge in [-0.25, -0.2) is 14.6 Å². The summed E-state index contributed by atoms with van der Waals surface area (Å²) in [6.07, 6.45) is 1.27. The van der Waals surface area contributed by atoms with Crippen molar-refractivity contribution >= 4 is 52.6 Å². The van der Waals surface area contributed by atoms with E-state index >= 15 is 0 Å². The minimum Gasteiger partial charge on any atom is -0.477 e. The van der Waals surface area contributed by atoms with E-state index in [9.17, 15) is 24.3 Å². The zero-order valence-electron chi connectivity index (χ0n) is 14.3. The number of carbonyl (C=O) groups excluding carboxylic acids is 2. The molecule has 3 N–H and O–H groups in total. The van der Waals surface area contributed by atoms with E-state index in [1.165, 1.54) is 39.4 Å². The molecule has 16 heteroatoms.